The van der Waals surface area contributed by atoms with Crippen LogP contribution < -0.4 is 21.1 Å². The summed E-state index contributed by atoms with van der Waals surface area (Å²) in [5.74, 6) is 1.33. The van der Waals surface area contributed by atoms with E-state index in [1.807, 2.05) is 43.3 Å². The molecule has 0 aliphatic carbocycles. The quantitative estimate of drug-likeness (QED) is 0.415. The molecule has 1 saturated heterocycles. The summed E-state index contributed by atoms with van der Waals surface area (Å²) in [6.45, 7) is 6.10. The fraction of sp³-hybridized carbons (Fsp3) is 0.240. The third-order valence-electron chi connectivity index (χ3n) is 5.68. The van der Waals surface area contributed by atoms with Gasteiger partial charge in [0.2, 0.25) is 0 Å². The molecule has 0 unspecified atom stereocenters. The van der Waals surface area contributed by atoms with Crippen LogP contribution >= 0.6 is 0 Å². The minimum Gasteiger partial charge on any atom is -0.378 e. The molecule has 0 spiro atoms. The number of hydrogen-bond acceptors (Lipinski definition) is 7. The zero-order valence-corrected chi connectivity index (χ0v) is 18.5. The fourth-order valence-corrected chi connectivity index (χ4v) is 4.00. The number of pyridine rings is 3. The second-order valence-corrected chi connectivity index (χ2v) is 7.86. The lowest BCUT2D eigenvalue weighted by atomic mass is 10.1. The third kappa shape index (κ3) is 4.51. The van der Waals surface area contributed by atoms with Gasteiger partial charge in [0.25, 0.3) is 5.56 Å². The van der Waals surface area contributed by atoms with E-state index in [-0.39, 0.29) is 5.56 Å². The molecule has 1 aliphatic heterocycles. The van der Waals surface area contributed by atoms with Crippen molar-refractivity contribution < 1.29 is 4.74 Å². The number of morpholine rings is 1. The molecular weight excluding hydrogens is 416 g/mol. The summed E-state index contributed by atoms with van der Waals surface area (Å²) in [7, 11) is 0. The van der Waals surface area contributed by atoms with Crippen LogP contribution in [0.5, 0.6) is 0 Å². The van der Waals surface area contributed by atoms with Crippen LogP contribution in [0.3, 0.4) is 0 Å². The molecule has 8 heteroatoms. The summed E-state index contributed by atoms with van der Waals surface area (Å²) in [4.78, 5) is 27.0. The summed E-state index contributed by atoms with van der Waals surface area (Å²) in [6.07, 6.45) is 3.45. The maximum Gasteiger partial charge on any atom is 0.259 e. The van der Waals surface area contributed by atoms with E-state index in [1.54, 1.807) is 12.4 Å². The van der Waals surface area contributed by atoms with Gasteiger partial charge in [0.15, 0.2) is 0 Å². The average Bonchev–Trinajstić information content (AvgIpc) is 2.86. The van der Waals surface area contributed by atoms with Crippen molar-refractivity contribution in [3.63, 3.8) is 0 Å². The van der Waals surface area contributed by atoms with Gasteiger partial charge >= 0.3 is 0 Å². The lowest BCUT2D eigenvalue weighted by Gasteiger charge is -2.28. The number of fused-ring (bicyclic) bond motifs is 1. The Balaban J connectivity index is 1.49. The minimum atomic E-state index is -0.181. The molecule has 168 valence electrons. The van der Waals surface area contributed by atoms with Crippen molar-refractivity contribution in [1.29, 1.82) is 0 Å². The Labute approximate surface area is 191 Å². The predicted molar refractivity (Wildman–Crippen MR) is 133 cm³/mol. The lowest BCUT2D eigenvalue weighted by molar-refractivity contribution is 0.122. The molecule has 1 aromatic carbocycles. The van der Waals surface area contributed by atoms with Crippen LogP contribution in [0.25, 0.3) is 22.0 Å². The summed E-state index contributed by atoms with van der Waals surface area (Å²) in [5, 5.41) is 7.88. The van der Waals surface area contributed by atoms with Gasteiger partial charge in [-0.25, -0.2) is 9.97 Å². The highest BCUT2D eigenvalue weighted by atomic mass is 16.5. The van der Waals surface area contributed by atoms with Crippen molar-refractivity contribution in [2.45, 2.75) is 6.92 Å². The van der Waals surface area contributed by atoms with Crippen LogP contribution in [0.15, 0.2) is 65.7 Å². The molecule has 3 aromatic heterocycles. The Bertz CT molecular complexity index is 1300. The van der Waals surface area contributed by atoms with Crippen molar-refractivity contribution in [2.24, 2.45) is 0 Å². The van der Waals surface area contributed by atoms with Gasteiger partial charge in [-0.1, -0.05) is 0 Å². The van der Waals surface area contributed by atoms with Gasteiger partial charge in [0.1, 0.15) is 11.6 Å². The second-order valence-electron chi connectivity index (χ2n) is 7.86. The zero-order valence-electron chi connectivity index (χ0n) is 18.5. The van der Waals surface area contributed by atoms with Crippen LogP contribution in [0, 0.1) is 0 Å². The van der Waals surface area contributed by atoms with Crippen molar-refractivity contribution in [3.8, 4) is 11.3 Å². The standard InChI is InChI=1S/C25H26N6O2/c1-2-26-22-8-3-18(16-28-22)21-15-17-9-10-27-25(32)23(17)24(30-21)29-19-4-6-20(7-5-19)31-11-13-33-14-12-31/h3-10,15-16H,2,11-14H2,1H3,(H,26,28)(H,27,32)(H,29,30). The number of rotatable bonds is 6. The topological polar surface area (TPSA) is 95.2 Å². The fourth-order valence-electron chi connectivity index (χ4n) is 4.00. The smallest absolute Gasteiger partial charge is 0.259 e. The Hall–Kier alpha value is -3.91. The van der Waals surface area contributed by atoms with E-state index in [0.717, 1.165) is 66.7 Å². The lowest BCUT2D eigenvalue weighted by Crippen LogP contribution is -2.36. The van der Waals surface area contributed by atoms with Crippen molar-refractivity contribution in [1.82, 2.24) is 15.0 Å². The van der Waals surface area contributed by atoms with E-state index in [4.69, 9.17) is 9.72 Å². The highest BCUT2D eigenvalue weighted by Gasteiger charge is 2.13. The maximum atomic E-state index is 12.6. The molecule has 0 radical (unpaired) electrons. The van der Waals surface area contributed by atoms with Gasteiger partial charge in [-0.05, 0) is 60.8 Å². The normalized spacial score (nSPS) is 13.8. The van der Waals surface area contributed by atoms with Crippen LogP contribution in [-0.4, -0.2) is 47.8 Å². The molecule has 0 atom stereocenters. The Morgan fingerprint density at radius 1 is 1.09 bits per heavy atom. The van der Waals surface area contributed by atoms with Gasteiger partial charge in [0.05, 0.1) is 24.3 Å². The van der Waals surface area contributed by atoms with E-state index in [9.17, 15) is 4.79 Å². The summed E-state index contributed by atoms with van der Waals surface area (Å²) in [6, 6.07) is 15.9. The number of ether oxygens (including phenoxy) is 1. The van der Waals surface area contributed by atoms with Gasteiger partial charge in [-0.2, -0.15) is 0 Å². The molecule has 0 amide bonds. The predicted octanol–water partition coefficient (Wildman–Crippen LogP) is 4.00. The number of aromatic nitrogens is 3. The Morgan fingerprint density at radius 2 is 1.91 bits per heavy atom. The first-order valence-corrected chi connectivity index (χ1v) is 11.1. The molecule has 4 aromatic rings. The number of nitrogens with zero attached hydrogens (tertiary/aromatic N) is 3. The molecule has 4 heterocycles. The molecule has 33 heavy (non-hydrogen) atoms. The SMILES string of the molecule is CCNc1ccc(-c2cc3cc[nH]c(=O)c3c(Nc3ccc(N4CCOCC4)cc3)n2)cn1. The number of H-pyrrole nitrogens is 1. The third-order valence-corrected chi connectivity index (χ3v) is 5.68. The molecule has 5 rings (SSSR count). The first-order chi connectivity index (χ1) is 16.2. The van der Waals surface area contributed by atoms with Gasteiger partial charge in [0, 0.05) is 49.0 Å². The van der Waals surface area contributed by atoms with E-state index < -0.39 is 0 Å². The number of hydrogen-bond donors (Lipinski definition) is 3. The molecule has 0 bridgehead atoms. The minimum absolute atomic E-state index is 0.181. The Morgan fingerprint density at radius 3 is 2.64 bits per heavy atom. The molecule has 1 aliphatic rings. The number of anilines is 4. The van der Waals surface area contributed by atoms with Gasteiger partial charge in [-0.3, -0.25) is 4.79 Å². The van der Waals surface area contributed by atoms with Crippen LogP contribution in [-0.2, 0) is 4.74 Å². The first kappa shape index (κ1) is 21.0. The van der Waals surface area contributed by atoms with Crippen LogP contribution in [0.2, 0.25) is 0 Å². The monoisotopic (exact) mass is 442 g/mol. The second kappa shape index (κ2) is 9.30. The average molecular weight is 443 g/mol. The summed E-state index contributed by atoms with van der Waals surface area (Å²) in [5.41, 5.74) is 3.46. The van der Waals surface area contributed by atoms with E-state index in [1.165, 1.54) is 0 Å². The highest BCUT2D eigenvalue weighted by molar-refractivity contribution is 5.95. The van der Waals surface area contributed by atoms with Crippen molar-refractivity contribution >= 4 is 33.8 Å². The molecule has 3 N–H and O–H groups in total. The molecule has 1 fully saturated rings. The van der Waals surface area contributed by atoms with Gasteiger partial charge < -0.3 is 25.3 Å². The van der Waals surface area contributed by atoms with E-state index >= 15 is 0 Å². The van der Waals surface area contributed by atoms with Crippen molar-refractivity contribution in [3.05, 3.63) is 71.3 Å². The maximum absolute atomic E-state index is 12.6. The van der Waals surface area contributed by atoms with E-state index in [0.29, 0.717) is 11.2 Å². The largest absolute Gasteiger partial charge is 0.378 e. The number of aromatic amines is 1. The molecule has 8 nitrogen and oxygen atoms in total. The van der Waals surface area contributed by atoms with Crippen LogP contribution in [0.4, 0.5) is 23.0 Å². The number of nitrogens with one attached hydrogen (secondary N) is 3. The Kier molecular flexibility index (Phi) is 5.91. The van der Waals surface area contributed by atoms with E-state index in [2.05, 4.69) is 37.6 Å². The van der Waals surface area contributed by atoms with Gasteiger partial charge in [-0.15, -0.1) is 0 Å². The summed E-state index contributed by atoms with van der Waals surface area (Å²) < 4.78 is 5.44. The van der Waals surface area contributed by atoms with Crippen molar-refractivity contribution in [2.75, 3.05) is 48.4 Å². The van der Waals surface area contributed by atoms with Crippen LogP contribution in [0.1, 0.15) is 6.92 Å². The highest BCUT2D eigenvalue weighted by Crippen LogP contribution is 2.29. The first-order valence-electron chi connectivity index (χ1n) is 11.1. The molecule has 0 saturated carbocycles. The number of benzene rings is 1. The molecular formula is C25H26N6O2. The summed E-state index contributed by atoms with van der Waals surface area (Å²) >= 11 is 0. The zero-order chi connectivity index (χ0) is 22.6.